The van der Waals surface area contributed by atoms with Crippen molar-refractivity contribution in [2.24, 2.45) is 0 Å². The summed E-state index contributed by atoms with van der Waals surface area (Å²) in [7, 11) is 0. The molecule has 1 aromatic carbocycles. The van der Waals surface area contributed by atoms with Gasteiger partial charge in [-0.25, -0.2) is 4.79 Å². The van der Waals surface area contributed by atoms with Crippen LogP contribution in [0.1, 0.15) is 18.4 Å². The van der Waals surface area contributed by atoms with E-state index in [1.54, 1.807) is 12.2 Å². The van der Waals surface area contributed by atoms with Crippen LogP contribution in [0.2, 0.25) is 0 Å². The SMILES string of the molecule is CSCCC(NC(=O)CCN1C(=O)/C(=C\C=C/c2ccccc2)SC1=S)C(=O)O. The van der Waals surface area contributed by atoms with E-state index in [2.05, 4.69) is 5.32 Å². The number of carbonyl (C=O) groups is 3. The zero-order valence-electron chi connectivity index (χ0n) is 15.9. The Bertz CT molecular complexity index is 824. The minimum absolute atomic E-state index is 0.0113. The molecule has 1 atom stereocenters. The van der Waals surface area contributed by atoms with E-state index in [9.17, 15) is 19.5 Å². The van der Waals surface area contributed by atoms with E-state index in [4.69, 9.17) is 12.2 Å². The van der Waals surface area contributed by atoms with E-state index in [0.717, 1.165) is 5.56 Å². The first-order chi connectivity index (χ1) is 13.9. The van der Waals surface area contributed by atoms with Crippen molar-refractivity contribution in [2.75, 3.05) is 18.6 Å². The second-order valence-corrected chi connectivity index (χ2v) is 8.78. The molecule has 0 aliphatic carbocycles. The summed E-state index contributed by atoms with van der Waals surface area (Å²) in [5.74, 6) is -1.10. The number of nitrogens with one attached hydrogen (secondary N) is 1. The molecule has 0 saturated carbocycles. The highest BCUT2D eigenvalue weighted by molar-refractivity contribution is 8.26. The van der Waals surface area contributed by atoms with Crippen LogP contribution in [-0.2, 0) is 14.4 Å². The number of carboxylic acid groups (broad SMARTS) is 1. The van der Waals surface area contributed by atoms with Crippen LogP contribution >= 0.6 is 35.7 Å². The molecule has 29 heavy (non-hydrogen) atoms. The number of aliphatic carboxylic acids is 1. The molecular formula is C20H22N2O4S3. The second kappa shape index (κ2) is 11.8. The number of amides is 2. The predicted molar refractivity (Wildman–Crippen MR) is 123 cm³/mol. The number of hydrogen-bond donors (Lipinski definition) is 2. The molecule has 0 bridgehead atoms. The Morgan fingerprint density at radius 1 is 1.34 bits per heavy atom. The standard InChI is InChI=1S/C20H22N2O4S3/c1-28-13-11-15(19(25)26)21-17(23)10-12-22-18(24)16(29-20(22)27)9-5-8-14-6-3-2-4-7-14/h2-9,15H,10-13H2,1H3,(H,21,23)(H,25,26)/b8-5-,16-9+. The van der Waals surface area contributed by atoms with Gasteiger partial charge in [-0.1, -0.05) is 66.5 Å². The Hall–Kier alpha value is -2.10. The monoisotopic (exact) mass is 450 g/mol. The van der Waals surface area contributed by atoms with Crippen LogP contribution < -0.4 is 5.32 Å². The number of thioether (sulfide) groups is 2. The molecule has 1 saturated heterocycles. The predicted octanol–water partition coefficient (Wildman–Crippen LogP) is 3.16. The van der Waals surface area contributed by atoms with Crippen molar-refractivity contribution in [1.29, 1.82) is 0 Å². The molecule has 2 rings (SSSR count). The summed E-state index contributed by atoms with van der Waals surface area (Å²) in [5.41, 5.74) is 1.02. The van der Waals surface area contributed by atoms with Crippen LogP contribution in [0.4, 0.5) is 0 Å². The van der Waals surface area contributed by atoms with E-state index in [-0.39, 0.29) is 18.9 Å². The number of rotatable bonds is 10. The first kappa shape index (κ1) is 23.2. The summed E-state index contributed by atoms with van der Waals surface area (Å²) in [6.07, 6.45) is 7.59. The lowest BCUT2D eigenvalue weighted by molar-refractivity contribution is -0.142. The number of hydrogen-bond acceptors (Lipinski definition) is 6. The summed E-state index contributed by atoms with van der Waals surface area (Å²) in [5, 5.41) is 11.7. The molecule has 6 nitrogen and oxygen atoms in total. The number of carbonyl (C=O) groups excluding carboxylic acids is 2. The highest BCUT2D eigenvalue weighted by Crippen LogP contribution is 2.31. The smallest absolute Gasteiger partial charge is 0.326 e. The Morgan fingerprint density at radius 2 is 2.07 bits per heavy atom. The summed E-state index contributed by atoms with van der Waals surface area (Å²) in [6.45, 7) is 0.116. The van der Waals surface area contributed by atoms with Crippen molar-refractivity contribution in [1.82, 2.24) is 10.2 Å². The van der Waals surface area contributed by atoms with E-state index in [1.807, 2.05) is 42.7 Å². The van der Waals surface area contributed by atoms with Crippen molar-refractivity contribution < 1.29 is 19.5 Å². The molecule has 0 radical (unpaired) electrons. The van der Waals surface area contributed by atoms with Gasteiger partial charge in [0.1, 0.15) is 10.4 Å². The quantitative estimate of drug-likeness (QED) is 0.418. The number of allylic oxidation sites excluding steroid dienone is 2. The number of benzene rings is 1. The molecule has 0 aromatic heterocycles. The lowest BCUT2D eigenvalue weighted by atomic mass is 10.2. The molecule has 154 valence electrons. The molecule has 2 amide bonds. The van der Waals surface area contributed by atoms with Crippen molar-refractivity contribution >= 4 is 63.9 Å². The van der Waals surface area contributed by atoms with Gasteiger partial charge in [-0.2, -0.15) is 11.8 Å². The van der Waals surface area contributed by atoms with Crippen molar-refractivity contribution in [3.63, 3.8) is 0 Å². The topological polar surface area (TPSA) is 86.7 Å². The zero-order valence-corrected chi connectivity index (χ0v) is 18.3. The van der Waals surface area contributed by atoms with Gasteiger partial charge in [0.15, 0.2) is 0 Å². The molecule has 1 unspecified atom stereocenters. The number of nitrogens with zero attached hydrogens (tertiary/aromatic N) is 1. The van der Waals surface area contributed by atoms with Crippen molar-refractivity contribution in [2.45, 2.75) is 18.9 Å². The van der Waals surface area contributed by atoms with Gasteiger partial charge in [0.25, 0.3) is 5.91 Å². The van der Waals surface area contributed by atoms with Gasteiger partial charge in [0.05, 0.1) is 4.91 Å². The third-order valence-electron chi connectivity index (χ3n) is 4.02. The maximum atomic E-state index is 12.5. The lowest BCUT2D eigenvalue weighted by Gasteiger charge is -2.17. The Morgan fingerprint density at radius 3 is 2.72 bits per heavy atom. The Labute approximate surface area is 183 Å². The second-order valence-electron chi connectivity index (χ2n) is 6.12. The number of carboxylic acids is 1. The fraction of sp³-hybridized carbons (Fsp3) is 0.300. The maximum absolute atomic E-state index is 12.5. The Balaban J connectivity index is 1.89. The van der Waals surface area contributed by atoms with Gasteiger partial charge in [-0.15, -0.1) is 0 Å². The van der Waals surface area contributed by atoms with Crippen LogP contribution in [0.5, 0.6) is 0 Å². The van der Waals surface area contributed by atoms with E-state index in [1.165, 1.54) is 28.4 Å². The molecule has 1 aliphatic rings. The Kier molecular flexibility index (Phi) is 9.43. The summed E-state index contributed by atoms with van der Waals surface area (Å²) < 4.78 is 0.388. The van der Waals surface area contributed by atoms with E-state index < -0.39 is 17.9 Å². The molecule has 1 aromatic rings. The fourth-order valence-electron chi connectivity index (χ4n) is 2.49. The molecular weight excluding hydrogens is 428 g/mol. The highest BCUT2D eigenvalue weighted by atomic mass is 32.2. The maximum Gasteiger partial charge on any atom is 0.326 e. The molecule has 1 fully saturated rings. The normalized spacial score (nSPS) is 16.6. The largest absolute Gasteiger partial charge is 0.480 e. The molecule has 2 N–H and O–H groups in total. The van der Waals surface area contributed by atoms with Crippen LogP contribution in [0, 0.1) is 0 Å². The minimum Gasteiger partial charge on any atom is -0.480 e. The molecule has 0 spiro atoms. The van der Waals surface area contributed by atoms with Gasteiger partial charge in [-0.05, 0) is 30.1 Å². The first-order valence-electron chi connectivity index (χ1n) is 8.90. The highest BCUT2D eigenvalue weighted by Gasteiger charge is 2.32. The molecule has 1 heterocycles. The fourth-order valence-corrected chi connectivity index (χ4v) is 4.22. The van der Waals surface area contributed by atoms with Gasteiger partial charge in [-0.3, -0.25) is 14.5 Å². The third-order valence-corrected chi connectivity index (χ3v) is 6.06. The van der Waals surface area contributed by atoms with Gasteiger partial charge in [0.2, 0.25) is 5.91 Å². The average molecular weight is 451 g/mol. The van der Waals surface area contributed by atoms with Crippen molar-refractivity contribution in [3.8, 4) is 0 Å². The van der Waals surface area contributed by atoms with Gasteiger partial charge >= 0.3 is 5.97 Å². The summed E-state index contributed by atoms with van der Waals surface area (Å²) in [6, 6.07) is 8.78. The lowest BCUT2D eigenvalue weighted by Crippen LogP contribution is -2.42. The first-order valence-corrected chi connectivity index (χ1v) is 11.5. The van der Waals surface area contributed by atoms with Crippen LogP contribution in [0.25, 0.3) is 6.08 Å². The average Bonchev–Trinajstić information content (AvgIpc) is 2.97. The minimum atomic E-state index is -1.06. The van der Waals surface area contributed by atoms with Crippen molar-refractivity contribution in [3.05, 3.63) is 53.0 Å². The van der Waals surface area contributed by atoms with Crippen LogP contribution in [-0.4, -0.2) is 56.7 Å². The molecule has 1 aliphatic heterocycles. The molecule has 9 heteroatoms. The summed E-state index contributed by atoms with van der Waals surface area (Å²) in [4.78, 5) is 37.7. The summed E-state index contributed by atoms with van der Waals surface area (Å²) >= 11 is 7.95. The van der Waals surface area contributed by atoms with Gasteiger partial charge in [0, 0.05) is 13.0 Å². The van der Waals surface area contributed by atoms with E-state index in [0.29, 0.717) is 21.4 Å². The van der Waals surface area contributed by atoms with Crippen LogP contribution in [0.3, 0.4) is 0 Å². The third kappa shape index (κ3) is 7.34. The van der Waals surface area contributed by atoms with E-state index >= 15 is 0 Å². The van der Waals surface area contributed by atoms with Gasteiger partial charge < -0.3 is 10.4 Å². The van der Waals surface area contributed by atoms with Crippen LogP contribution in [0.15, 0.2) is 47.4 Å². The number of thiocarbonyl (C=S) groups is 1. The zero-order chi connectivity index (χ0) is 21.2.